The molecular formula is C17H24N2O. The van der Waals surface area contributed by atoms with Gasteiger partial charge in [-0.2, -0.15) is 0 Å². The summed E-state index contributed by atoms with van der Waals surface area (Å²) in [7, 11) is 0. The maximum absolute atomic E-state index is 12.5. The van der Waals surface area contributed by atoms with Crippen LogP contribution in [0.4, 0.5) is 0 Å². The first-order valence-corrected chi connectivity index (χ1v) is 7.80. The van der Waals surface area contributed by atoms with Gasteiger partial charge in [-0.15, -0.1) is 0 Å². The van der Waals surface area contributed by atoms with Crippen LogP contribution in [0.1, 0.15) is 44.1 Å². The second-order valence-electron chi connectivity index (χ2n) is 6.44. The van der Waals surface area contributed by atoms with E-state index in [1.807, 2.05) is 18.2 Å². The predicted octanol–water partition coefficient (Wildman–Crippen LogP) is 2.35. The van der Waals surface area contributed by atoms with Crippen LogP contribution in [-0.2, 0) is 10.2 Å². The Balaban J connectivity index is 1.55. The van der Waals surface area contributed by atoms with Crippen molar-refractivity contribution in [1.82, 2.24) is 5.32 Å². The number of carbonyl (C=O) groups excluding carboxylic acids is 1. The number of amides is 1. The second-order valence-corrected chi connectivity index (χ2v) is 6.44. The number of nitrogens with one attached hydrogen (secondary N) is 1. The molecule has 1 amide bonds. The first-order valence-electron chi connectivity index (χ1n) is 7.80. The molecule has 2 saturated carbocycles. The monoisotopic (exact) mass is 272 g/mol. The summed E-state index contributed by atoms with van der Waals surface area (Å²) < 4.78 is 0. The number of hydrogen-bond acceptors (Lipinski definition) is 2. The third kappa shape index (κ3) is 2.73. The molecule has 3 heteroatoms. The van der Waals surface area contributed by atoms with Crippen LogP contribution < -0.4 is 11.1 Å². The molecular weight excluding hydrogens is 248 g/mol. The van der Waals surface area contributed by atoms with Crippen molar-refractivity contribution in [1.29, 1.82) is 0 Å². The largest absolute Gasteiger partial charge is 0.355 e. The second kappa shape index (κ2) is 5.57. The molecule has 1 aromatic carbocycles. The zero-order chi connectivity index (χ0) is 14.0. The molecule has 0 bridgehead atoms. The molecule has 2 fully saturated rings. The quantitative estimate of drug-likeness (QED) is 0.884. The number of benzene rings is 1. The van der Waals surface area contributed by atoms with Crippen molar-refractivity contribution in [2.24, 2.45) is 11.7 Å². The molecule has 1 aromatic rings. The van der Waals surface area contributed by atoms with Crippen LogP contribution >= 0.6 is 0 Å². The van der Waals surface area contributed by atoms with Gasteiger partial charge in [0.2, 0.25) is 5.91 Å². The molecule has 3 nitrogen and oxygen atoms in total. The summed E-state index contributed by atoms with van der Waals surface area (Å²) in [6.45, 7) is 0.820. The van der Waals surface area contributed by atoms with Gasteiger partial charge in [-0.1, -0.05) is 30.3 Å². The molecule has 20 heavy (non-hydrogen) atoms. The Labute approximate surface area is 120 Å². The average molecular weight is 272 g/mol. The van der Waals surface area contributed by atoms with E-state index >= 15 is 0 Å². The maximum atomic E-state index is 12.5. The molecule has 0 heterocycles. The van der Waals surface area contributed by atoms with Crippen LogP contribution in [0.2, 0.25) is 0 Å². The average Bonchev–Trinajstić information content (AvgIpc) is 3.29. The Morgan fingerprint density at radius 3 is 2.40 bits per heavy atom. The molecule has 0 atom stereocenters. The highest BCUT2D eigenvalue weighted by Gasteiger charge is 2.51. The van der Waals surface area contributed by atoms with E-state index in [0.717, 1.165) is 45.1 Å². The Bertz CT molecular complexity index is 459. The van der Waals surface area contributed by atoms with E-state index in [2.05, 4.69) is 17.4 Å². The molecule has 3 rings (SSSR count). The highest BCUT2D eigenvalue weighted by atomic mass is 16.2. The van der Waals surface area contributed by atoms with Crippen molar-refractivity contribution in [2.45, 2.75) is 50.0 Å². The summed E-state index contributed by atoms with van der Waals surface area (Å²) in [5.74, 6) is 0.837. The SMILES string of the molecule is NC1CCC(CNC(=O)C2(c3ccccc3)CC2)CC1. The van der Waals surface area contributed by atoms with Crippen molar-refractivity contribution in [3.63, 3.8) is 0 Å². The van der Waals surface area contributed by atoms with Crippen molar-refractivity contribution >= 4 is 5.91 Å². The first kappa shape index (κ1) is 13.6. The standard InChI is InChI=1S/C17H24N2O/c18-15-8-6-13(7-9-15)12-19-16(20)17(10-11-17)14-4-2-1-3-5-14/h1-5,13,15H,6-12,18H2,(H,19,20). The van der Waals surface area contributed by atoms with Crippen LogP contribution in [0.15, 0.2) is 30.3 Å². The lowest BCUT2D eigenvalue weighted by atomic mass is 9.86. The van der Waals surface area contributed by atoms with Crippen molar-refractivity contribution in [2.75, 3.05) is 6.54 Å². The fourth-order valence-corrected chi connectivity index (χ4v) is 3.33. The predicted molar refractivity (Wildman–Crippen MR) is 80.3 cm³/mol. The fraction of sp³-hybridized carbons (Fsp3) is 0.588. The van der Waals surface area contributed by atoms with Crippen molar-refractivity contribution in [3.8, 4) is 0 Å². The van der Waals surface area contributed by atoms with E-state index in [9.17, 15) is 4.79 Å². The van der Waals surface area contributed by atoms with E-state index in [4.69, 9.17) is 5.73 Å². The van der Waals surface area contributed by atoms with Gasteiger partial charge < -0.3 is 11.1 Å². The molecule has 0 radical (unpaired) electrons. The first-order chi connectivity index (χ1) is 9.71. The van der Waals surface area contributed by atoms with E-state index in [-0.39, 0.29) is 11.3 Å². The number of nitrogens with two attached hydrogens (primary N) is 1. The van der Waals surface area contributed by atoms with Gasteiger partial charge in [0.25, 0.3) is 0 Å². The van der Waals surface area contributed by atoms with Gasteiger partial charge in [0.05, 0.1) is 5.41 Å². The van der Waals surface area contributed by atoms with Crippen molar-refractivity contribution < 1.29 is 4.79 Å². The Morgan fingerprint density at radius 2 is 1.80 bits per heavy atom. The molecule has 108 valence electrons. The lowest BCUT2D eigenvalue weighted by Crippen LogP contribution is -2.39. The number of hydrogen-bond donors (Lipinski definition) is 2. The highest BCUT2D eigenvalue weighted by Crippen LogP contribution is 2.48. The summed E-state index contributed by atoms with van der Waals surface area (Å²) in [6.07, 6.45) is 6.48. The maximum Gasteiger partial charge on any atom is 0.230 e. The van der Waals surface area contributed by atoms with Gasteiger partial charge in [-0.3, -0.25) is 4.79 Å². The third-order valence-corrected chi connectivity index (χ3v) is 4.95. The fourth-order valence-electron chi connectivity index (χ4n) is 3.33. The topological polar surface area (TPSA) is 55.1 Å². The lowest BCUT2D eigenvalue weighted by molar-refractivity contribution is -0.123. The minimum Gasteiger partial charge on any atom is -0.355 e. The zero-order valence-electron chi connectivity index (χ0n) is 12.0. The van der Waals surface area contributed by atoms with E-state index in [0.29, 0.717) is 12.0 Å². The van der Waals surface area contributed by atoms with Gasteiger partial charge >= 0.3 is 0 Å². The molecule has 0 aliphatic heterocycles. The molecule has 2 aliphatic carbocycles. The van der Waals surface area contributed by atoms with E-state index in [1.54, 1.807) is 0 Å². The summed E-state index contributed by atoms with van der Waals surface area (Å²) >= 11 is 0. The van der Waals surface area contributed by atoms with Gasteiger partial charge in [-0.25, -0.2) is 0 Å². The van der Waals surface area contributed by atoms with E-state index < -0.39 is 0 Å². The van der Waals surface area contributed by atoms with Crippen LogP contribution in [-0.4, -0.2) is 18.5 Å². The van der Waals surface area contributed by atoms with E-state index in [1.165, 1.54) is 5.56 Å². The smallest absolute Gasteiger partial charge is 0.230 e. The van der Waals surface area contributed by atoms with Crippen LogP contribution in [0.5, 0.6) is 0 Å². The zero-order valence-corrected chi connectivity index (χ0v) is 12.0. The van der Waals surface area contributed by atoms with Gasteiger partial charge in [0.15, 0.2) is 0 Å². The number of carbonyl (C=O) groups is 1. The Hall–Kier alpha value is -1.35. The summed E-state index contributed by atoms with van der Waals surface area (Å²) in [4.78, 5) is 12.5. The molecule has 0 spiro atoms. The summed E-state index contributed by atoms with van der Waals surface area (Å²) in [5.41, 5.74) is 6.86. The molecule has 2 aliphatic rings. The minimum absolute atomic E-state index is 0.221. The number of rotatable bonds is 4. The van der Waals surface area contributed by atoms with Gasteiger partial charge in [-0.05, 0) is 50.0 Å². The molecule has 0 unspecified atom stereocenters. The lowest BCUT2D eigenvalue weighted by Gasteiger charge is -2.27. The van der Waals surface area contributed by atoms with Crippen LogP contribution in [0.3, 0.4) is 0 Å². The summed E-state index contributed by atoms with van der Waals surface area (Å²) in [6, 6.07) is 10.6. The molecule has 0 aromatic heterocycles. The highest BCUT2D eigenvalue weighted by molar-refractivity contribution is 5.91. The van der Waals surface area contributed by atoms with Crippen LogP contribution in [0.25, 0.3) is 0 Å². The molecule has 0 saturated heterocycles. The Morgan fingerprint density at radius 1 is 1.15 bits per heavy atom. The van der Waals surface area contributed by atoms with Crippen LogP contribution in [0, 0.1) is 5.92 Å². The Kier molecular flexibility index (Phi) is 3.79. The van der Waals surface area contributed by atoms with Gasteiger partial charge in [0.1, 0.15) is 0 Å². The van der Waals surface area contributed by atoms with Crippen molar-refractivity contribution in [3.05, 3.63) is 35.9 Å². The third-order valence-electron chi connectivity index (χ3n) is 4.95. The normalized spacial score (nSPS) is 27.9. The van der Waals surface area contributed by atoms with Gasteiger partial charge in [0, 0.05) is 12.6 Å². The summed E-state index contributed by atoms with van der Waals surface area (Å²) in [5, 5.41) is 3.19. The minimum atomic E-state index is -0.230. The molecule has 3 N–H and O–H groups in total.